The van der Waals surface area contributed by atoms with Gasteiger partial charge in [0.1, 0.15) is 17.6 Å². The summed E-state index contributed by atoms with van der Waals surface area (Å²) in [7, 11) is 1.63. The molecule has 0 aliphatic carbocycles. The molecule has 1 amide bonds. The van der Waals surface area contributed by atoms with Gasteiger partial charge in [0.25, 0.3) is 5.91 Å². The molecule has 124 valence electrons. The first-order chi connectivity index (χ1) is 11.0. The predicted octanol–water partition coefficient (Wildman–Crippen LogP) is 4.08. The lowest BCUT2D eigenvalue weighted by molar-refractivity contribution is 0.0932. The molecule has 1 aromatic heterocycles. The molecule has 2 rings (SSSR count). The van der Waals surface area contributed by atoms with Crippen LogP contribution in [0.4, 0.5) is 0 Å². The standard InChI is InChI=1S/C18H23NO3S/c1-12(2)17-9-14(11-23-17)18(20)19-10-13(3)22-16-7-5-15(21-4)6-8-16/h5-9,11-13H,10H2,1-4H3,(H,19,20). The van der Waals surface area contributed by atoms with E-state index >= 15 is 0 Å². The Hall–Kier alpha value is -2.01. The van der Waals surface area contributed by atoms with Crippen LogP contribution in [-0.4, -0.2) is 25.7 Å². The highest BCUT2D eigenvalue weighted by molar-refractivity contribution is 7.10. The van der Waals surface area contributed by atoms with Gasteiger partial charge in [0, 0.05) is 10.3 Å². The van der Waals surface area contributed by atoms with Gasteiger partial charge >= 0.3 is 0 Å². The maximum absolute atomic E-state index is 12.1. The highest BCUT2D eigenvalue weighted by atomic mass is 32.1. The van der Waals surface area contributed by atoms with Crippen LogP contribution in [0, 0.1) is 0 Å². The molecule has 0 bridgehead atoms. The second-order valence-corrected chi connectivity index (χ2v) is 6.65. The lowest BCUT2D eigenvalue weighted by Crippen LogP contribution is -2.33. The Morgan fingerprint density at radius 1 is 1.17 bits per heavy atom. The van der Waals surface area contributed by atoms with Crippen LogP contribution in [0.15, 0.2) is 35.7 Å². The van der Waals surface area contributed by atoms with E-state index in [9.17, 15) is 4.79 Å². The molecular formula is C18H23NO3S. The largest absolute Gasteiger partial charge is 0.497 e. The zero-order valence-electron chi connectivity index (χ0n) is 14.0. The zero-order chi connectivity index (χ0) is 16.8. The van der Waals surface area contributed by atoms with Gasteiger partial charge in [0.2, 0.25) is 0 Å². The summed E-state index contributed by atoms with van der Waals surface area (Å²) in [6.45, 7) is 6.63. The van der Waals surface area contributed by atoms with Crippen molar-refractivity contribution in [2.45, 2.75) is 32.8 Å². The Bertz CT molecular complexity index is 634. The van der Waals surface area contributed by atoms with Crippen molar-refractivity contribution in [1.29, 1.82) is 0 Å². The topological polar surface area (TPSA) is 47.6 Å². The van der Waals surface area contributed by atoms with E-state index in [0.717, 1.165) is 17.1 Å². The number of hydrogen-bond acceptors (Lipinski definition) is 4. The first-order valence-electron chi connectivity index (χ1n) is 7.67. The van der Waals surface area contributed by atoms with Crippen LogP contribution in [0.1, 0.15) is 41.9 Å². The van der Waals surface area contributed by atoms with Crippen LogP contribution in [0.3, 0.4) is 0 Å². The molecule has 1 unspecified atom stereocenters. The van der Waals surface area contributed by atoms with Crippen LogP contribution < -0.4 is 14.8 Å². The summed E-state index contributed by atoms with van der Waals surface area (Å²) >= 11 is 1.62. The molecule has 1 atom stereocenters. The monoisotopic (exact) mass is 333 g/mol. The van der Waals surface area contributed by atoms with E-state index in [1.165, 1.54) is 4.88 Å². The van der Waals surface area contributed by atoms with Crippen molar-refractivity contribution in [3.05, 3.63) is 46.2 Å². The molecule has 5 heteroatoms. The van der Waals surface area contributed by atoms with Gasteiger partial charge in [-0.2, -0.15) is 0 Å². The Kier molecular flexibility index (Phi) is 6.04. The van der Waals surface area contributed by atoms with Crippen LogP contribution in [-0.2, 0) is 0 Å². The van der Waals surface area contributed by atoms with Gasteiger partial charge in [0.05, 0.1) is 19.2 Å². The van der Waals surface area contributed by atoms with E-state index in [1.54, 1.807) is 18.4 Å². The van der Waals surface area contributed by atoms with Crippen molar-refractivity contribution < 1.29 is 14.3 Å². The van der Waals surface area contributed by atoms with Crippen LogP contribution >= 0.6 is 11.3 Å². The van der Waals surface area contributed by atoms with E-state index in [1.807, 2.05) is 42.6 Å². The Labute approximate surface area is 141 Å². The summed E-state index contributed by atoms with van der Waals surface area (Å²) in [6.07, 6.45) is -0.115. The molecule has 1 N–H and O–H groups in total. The highest BCUT2D eigenvalue weighted by Gasteiger charge is 2.12. The maximum atomic E-state index is 12.1. The van der Waals surface area contributed by atoms with Gasteiger partial charge in [-0.15, -0.1) is 11.3 Å². The fourth-order valence-electron chi connectivity index (χ4n) is 2.04. The van der Waals surface area contributed by atoms with Crippen molar-refractivity contribution >= 4 is 17.2 Å². The Morgan fingerprint density at radius 3 is 2.39 bits per heavy atom. The van der Waals surface area contributed by atoms with Crippen LogP contribution in [0.25, 0.3) is 0 Å². The summed E-state index contributed by atoms with van der Waals surface area (Å²) in [6, 6.07) is 9.36. The average molecular weight is 333 g/mol. The number of carbonyl (C=O) groups is 1. The van der Waals surface area contributed by atoms with Crippen molar-refractivity contribution in [1.82, 2.24) is 5.32 Å². The van der Waals surface area contributed by atoms with Crippen molar-refractivity contribution in [3.8, 4) is 11.5 Å². The van der Waals surface area contributed by atoms with E-state index < -0.39 is 0 Å². The normalized spacial score (nSPS) is 12.0. The Morgan fingerprint density at radius 2 is 1.83 bits per heavy atom. The molecular weight excluding hydrogens is 310 g/mol. The van der Waals surface area contributed by atoms with Crippen molar-refractivity contribution in [3.63, 3.8) is 0 Å². The molecule has 0 aliphatic rings. The summed E-state index contributed by atoms with van der Waals surface area (Å²) < 4.78 is 10.9. The average Bonchev–Trinajstić information content (AvgIpc) is 3.03. The van der Waals surface area contributed by atoms with Gasteiger partial charge in [-0.3, -0.25) is 4.79 Å². The van der Waals surface area contributed by atoms with Crippen LogP contribution in [0.2, 0.25) is 0 Å². The summed E-state index contributed by atoms with van der Waals surface area (Å²) in [4.78, 5) is 13.4. The SMILES string of the molecule is COc1ccc(OC(C)CNC(=O)c2csc(C(C)C)c2)cc1. The van der Waals surface area contributed by atoms with E-state index in [0.29, 0.717) is 12.5 Å². The van der Waals surface area contributed by atoms with Gasteiger partial charge in [-0.1, -0.05) is 13.8 Å². The molecule has 1 heterocycles. The quantitative estimate of drug-likeness (QED) is 0.830. The lowest BCUT2D eigenvalue weighted by atomic mass is 10.1. The molecule has 4 nitrogen and oxygen atoms in total. The van der Waals surface area contributed by atoms with E-state index in [4.69, 9.17) is 9.47 Å². The third-order valence-corrected chi connectivity index (χ3v) is 4.63. The number of amides is 1. The second-order valence-electron chi connectivity index (χ2n) is 5.71. The molecule has 0 saturated heterocycles. The highest BCUT2D eigenvalue weighted by Crippen LogP contribution is 2.23. The van der Waals surface area contributed by atoms with Crippen molar-refractivity contribution in [2.75, 3.05) is 13.7 Å². The maximum Gasteiger partial charge on any atom is 0.252 e. The fourth-order valence-corrected chi connectivity index (χ4v) is 2.95. The fraction of sp³-hybridized carbons (Fsp3) is 0.389. The third-order valence-electron chi connectivity index (χ3n) is 3.40. The molecule has 2 aromatic rings. The van der Waals surface area contributed by atoms with E-state index in [-0.39, 0.29) is 12.0 Å². The molecule has 0 radical (unpaired) electrons. The number of carbonyl (C=O) groups excluding carboxylic acids is 1. The smallest absolute Gasteiger partial charge is 0.252 e. The van der Waals surface area contributed by atoms with E-state index in [2.05, 4.69) is 19.2 Å². The molecule has 1 aromatic carbocycles. The summed E-state index contributed by atoms with van der Waals surface area (Å²) in [5.74, 6) is 1.93. The summed E-state index contributed by atoms with van der Waals surface area (Å²) in [5.41, 5.74) is 0.718. The molecule has 23 heavy (non-hydrogen) atoms. The third kappa shape index (κ3) is 4.99. The van der Waals surface area contributed by atoms with Crippen LogP contribution in [0.5, 0.6) is 11.5 Å². The van der Waals surface area contributed by atoms with Crippen molar-refractivity contribution in [2.24, 2.45) is 0 Å². The zero-order valence-corrected chi connectivity index (χ0v) is 14.8. The molecule has 0 fully saturated rings. The van der Waals surface area contributed by atoms with Gasteiger partial charge in [0.15, 0.2) is 0 Å². The molecule has 0 aliphatic heterocycles. The first kappa shape index (κ1) is 17.3. The minimum atomic E-state index is -0.115. The number of ether oxygens (including phenoxy) is 2. The lowest BCUT2D eigenvalue weighted by Gasteiger charge is -2.15. The number of benzene rings is 1. The second kappa shape index (κ2) is 8.02. The number of thiophene rings is 1. The number of methoxy groups -OCH3 is 1. The number of nitrogens with one attached hydrogen (secondary N) is 1. The number of rotatable bonds is 7. The van der Waals surface area contributed by atoms with Gasteiger partial charge < -0.3 is 14.8 Å². The Balaban J connectivity index is 1.82. The minimum Gasteiger partial charge on any atom is -0.497 e. The number of hydrogen-bond donors (Lipinski definition) is 1. The summed E-state index contributed by atoms with van der Waals surface area (Å²) in [5, 5.41) is 4.81. The minimum absolute atomic E-state index is 0.0571. The van der Waals surface area contributed by atoms with Gasteiger partial charge in [-0.25, -0.2) is 0 Å². The first-order valence-corrected chi connectivity index (χ1v) is 8.55. The predicted molar refractivity (Wildman–Crippen MR) is 93.8 cm³/mol. The van der Waals surface area contributed by atoms with Gasteiger partial charge in [-0.05, 0) is 43.2 Å². The molecule has 0 spiro atoms. The molecule has 0 saturated carbocycles.